The molecule has 0 spiro atoms. The SMILES string of the molecule is O=C(NCc1ccco1)c1ccnc(Nc2ccc(Cl)cc2C(F)(F)F)n1. The van der Waals surface area contributed by atoms with Crippen LogP contribution < -0.4 is 10.6 Å². The lowest BCUT2D eigenvalue weighted by Crippen LogP contribution is -2.24. The predicted octanol–water partition coefficient (Wildman–Crippen LogP) is 4.42. The number of furan rings is 1. The summed E-state index contributed by atoms with van der Waals surface area (Å²) in [6, 6.07) is 7.97. The van der Waals surface area contributed by atoms with Crippen LogP contribution in [0.1, 0.15) is 21.8 Å². The third-order valence-electron chi connectivity index (χ3n) is 3.42. The normalized spacial score (nSPS) is 11.3. The molecule has 0 saturated heterocycles. The molecule has 0 unspecified atom stereocenters. The van der Waals surface area contributed by atoms with E-state index in [1.54, 1.807) is 12.1 Å². The van der Waals surface area contributed by atoms with E-state index in [1.807, 2.05) is 0 Å². The van der Waals surface area contributed by atoms with Gasteiger partial charge in [0.05, 0.1) is 24.1 Å². The molecule has 0 atom stereocenters. The van der Waals surface area contributed by atoms with Crippen molar-refractivity contribution in [2.24, 2.45) is 0 Å². The Morgan fingerprint density at radius 3 is 2.74 bits per heavy atom. The van der Waals surface area contributed by atoms with Gasteiger partial charge in [-0.2, -0.15) is 13.2 Å². The molecule has 0 radical (unpaired) electrons. The first kappa shape index (κ1) is 18.7. The topological polar surface area (TPSA) is 80.0 Å². The Hall–Kier alpha value is -3.07. The highest BCUT2D eigenvalue weighted by Gasteiger charge is 2.34. The Balaban J connectivity index is 1.77. The molecular formula is C17H12ClF3N4O2. The van der Waals surface area contributed by atoms with Crippen LogP contribution in [0.2, 0.25) is 5.02 Å². The van der Waals surface area contributed by atoms with Crippen LogP contribution in [0, 0.1) is 0 Å². The fraction of sp³-hybridized carbons (Fsp3) is 0.118. The molecule has 0 saturated carbocycles. The second kappa shape index (κ2) is 7.67. The minimum Gasteiger partial charge on any atom is -0.467 e. The highest BCUT2D eigenvalue weighted by atomic mass is 35.5. The Morgan fingerprint density at radius 2 is 2.04 bits per heavy atom. The van der Waals surface area contributed by atoms with E-state index in [1.165, 1.54) is 24.6 Å². The number of benzene rings is 1. The smallest absolute Gasteiger partial charge is 0.418 e. The van der Waals surface area contributed by atoms with Gasteiger partial charge in [-0.3, -0.25) is 4.79 Å². The zero-order valence-electron chi connectivity index (χ0n) is 13.5. The van der Waals surface area contributed by atoms with E-state index in [0.29, 0.717) is 5.76 Å². The number of carbonyl (C=O) groups excluding carboxylic acids is 1. The van der Waals surface area contributed by atoms with Gasteiger partial charge < -0.3 is 15.1 Å². The molecule has 2 N–H and O–H groups in total. The summed E-state index contributed by atoms with van der Waals surface area (Å²) >= 11 is 5.65. The molecular weight excluding hydrogens is 385 g/mol. The van der Waals surface area contributed by atoms with E-state index < -0.39 is 17.6 Å². The summed E-state index contributed by atoms with van der Waals surface area (Å²) < 4.78 is 44.6. The minimum atomic E-state index is -4.62. The molecule has 1 amide bonds. The largest absolute Gasteiger partial charge is 0.467 e. The maximum atomic E-state index is 13.2. The van der Waals surface area contributed by atoms with Crippen molar-refractivity contribution in [3.8, 4) is 0 Å². The first-order chi connectivity index (χ1) is 12.8. The molecule has 2 heterocycles. The fourth-order valence-electron chi connectivity index (χ4n) is 2.20. The van der Waals surface area contributed by atoms with Crippen LogP contribution in [0.5, 0.6) is 0 Å². The molecule has 27 heavy (non-hydrogen) atoms. The average Bonchev–Trinajstić information content (AvgIpc) is 3.14. The summed E-state index contributed by atoms with van der Waals surface area (Å²) in [4.78, 5) is 19.9. The molecule has 10 heteroatoms. The number of amides is 1. The van der Waals surface area contributed by atoms with E-state index in [0.717, 1.165) is 12.1 Å². The zero-order chi connectivity index (χ0) is 19.4. The van der Waals surface area contributed by atoms with Crippen molar-refractivity contribution in [3.63, 3.8) is 0 Å². The van der Waals surface area contributed by atoms with Crippen LogP contribution in [-0.2, 0) is 12.7 Å². The first-order valence-electron chi connectivity index (χ1n) is 7.60. The molecule has 140 valence electrons. The van der Waals surface area contributed by atoms with Gasteiger partial charge in [-0.15, -0.1) is 0 Å². The number of aromatic nitrogens is 2. The van der Waals surface area contributed by atoms with Crippen molar-refractivity contribution < 1.29 is 22.4 Å². The Bertz CT molecular complexity index is 946. The molecule has 0 fully saturated rings. The quantitative estimate of drug-likeness (QED) is 0.667. The molecule has 3 rings (SSSR count). The summed E-state index contributed by atoms with van der Waals surface area (Å²) in [6.45, 7) is 0.147. The van der Waals surface area contributed by atoms with Crippen molar-refractivity contribution in [3.05, 3.63) is 70.9 Å². The zero-order valence-corrected chi connectivity index (χ0v) is 14.3. The minimum absolute atomic E-state index is 0.0124. The van der Waals surface area contributed by atoms with Crippen molar-refractivity contribution in [1.29, 1.82) is 0 Å². The van der Waals surface area contributed by atoms with E-state index >= 15 is 0 Å². The third-order valence-corrected chi connectivity index (χ3v) is 3.66. The van der Waals surface area contributed by atoms with Gasteiger partial charge in [-0.05, 0) is 36.4 Å². The van der Waals surface area contributed by atoms with Crippen LogP contribution in [-0.4, -0.2) is 15.9 Å². The number of nitrogens with zero attached hydrogens (tertiary/aromatic N) is 2. The molecule has 1 aromatic carbocycles. The van der Waals surface area contributed by atoms with Gasteiger partial charge in [0.1, 0.15) is 11.5 Å². The Morgan fingerprint density at radius 1 is 1.22 bits per heavy atom. The molecule has 0 aliphatic heterocycles. The van der Waals surface area contributed by atoms with Gasteiger partial charge in [0, 0.05) is 11.2 Å². The van der Waals surface area contributed by atoms with Gasteiger partial charge in [-0.25, -0.2) is 9.97 Å². The number of rotatable bonds is 5. The number of alkyl halides is 3. The first-order valence-corrected chi connectivity index (χ1v) is 7.98. The van der Waals surface area contributed by atoms with Gasteiger partial charge in [-0.1, -0.05) is 11.6 Å². The standard InChI is InChI=1S/C17H12ClF3N4O2/c18-10-3-4-13(12(8-10)17(19,20)21)24-16-22-6-5-14(25-16)15(26)23-9-11-2-1-7-27-11/h1-8H,9H2,(H,23,26)(H,22,24,25). The van der Waals surface area contributed by atoms with Crippen LogP contribution in [0.4, 0.5) is 24.8 Å². The number of halogens is 4. The van der Waals surface area contributed by atoms with Crippen molar-refractivity contribution in [2.45, 2.75) is 12.7 Å². The van der Waals surface area contributed by atoms with Crippen LogP contribution in [0.25, 0.3) is 0 Å². The van der Waals surface area contributed by atoms with Crippen molar-refractivity contribution in [1.82, 2.24) is 15.3 Å². The Labute approximate surface area is 156 Å². The maximum absolute atomic E-state index is 13.2. The van der Waals surface area contributed by atoms with Crippen molar-refractivity contribution in [2.75, 3.05) is 5.32 Å². The lowest BCUT2D eigenvalue weighted by Gasteiger charge is -2.14. The summed E-state index contributed by atoms with van der Waals surface area (Å²) in [5, 5.41) is 5.00. The maximum Gasteiger partial charge on any atom is 0.418 e. The van der Waals surface area contributed by atoms with Crippen molar-refractivity contribution >= 4 is 29.1 Å². The number of carbonyl (C=O) groups is 1. The molecule has 0 aliphatic rings. The molecule has 0 bridgehead atoms. The summed E-state index contributed by atoms with van der Waals surface area (Å²) in [5.74, 6) is -0.135. The summed E-state index contributed by atoms with van der Waals surface area (Å²) in [7, 11) is 0. The molecule has 0 aliphatic carbocycles. The third kappa shape index (κ3) is 4.76. The van der Waals surface area contributed by atoms with Crippen LogP contribution in [0.3, 0.4) is 0 Å². The second-order valence-electron chi connectivity index (χ2n) is 5.34. The highest BCUT2D eigenvalue weighted by molar-refractivity contribution is 6.30. The van der Waals surface area contributed by atoms with Crippen LogP contribution in [0.15, 0.2) is 53.3 Å². The summed E-state index contributed by atoms with van der Waals surface area (Å²) in [5.41, 5.74) is -1.26. The number of nitrogens with one attached hydrogen (secondary N) is 2. The van der Waals surface area contributed by atoms with E-state index in [-0.39, 0.29) is 28.9 Å². The highest BCUT2D eigenvalue weighted by Crippen LogP contribution is 2.37. The molecule has 3 aromatic rings. The van der Waals surface area contributed by atoms with Gasteiger partial charge in [0.2, 0.25) is 5.95 Å². The van der Waals surface area contributed by atoms with E-state index in [9.17, 15) is 18.0 Å². The Kier molecular flexibility index (Phi) is 5.31. The number of hydrogen-bond acceptors (Lipinski definition) is 5. The van der Waals surface area contributed by atoms with Crippen LogP contribution >= 0.6 is 11.6 Å². The molecule has 2 aromatic heterocycles. The average molecular weight is 397 g/mol. The molecule has 6 nitrogen and oxygen atoms in total. The van der Waals surface area contributed by atoms with Gasteiger partial charge >= 0.3 is 6.18 Å². The lowest BCUT2D eigenvalue weighted by molar-refractivity contribution is -0.136. The fourth-order valence-corrected chi connectivity index (χ4v) is 2.37. The van der Waals surface area contributed by atoms with E-state index in [2.05, 4.69) is 20.6 Å². The summed E-state index contributed by atoms with van der Waals surface area (Å²) in [6.07, 6.45) is -1.88. The number of anilines is 2. The second-order valence-corrected chi connectivity index (χ2v) is 5.78. The monoisotopic (exact) mass is 396 g/mol. The van der Waals surface area contributed by atoms with Gasteiger partial charge in [0.15, 0.2) is 0 Å². The number of hydrogen-bond donors (Lipinski definition) is 2. The lowest BCUT2D eigenvalue weighted by atomic mass is 10.1. The predicted molar refractivity (Wildman–Crippen MR) is 91.6 cm³/mol. The van der Waals surface area contributed by atoms with E-state index in [4.69, 9.17) is 16.0 Å². The van der Waals surface area contributed by atoms with Gasteiger partial charge in [0.25, 0.3) is 5.91 Å².